The molecule has 3 nitrogen and oxygen atoms in total. The van der Waals surface area contributed by atoms with E-state index in [4.69, 9.17) is 5.73 Å². The Bertz CT molecular complexity index is 518. The number of hydrogen-bond donors (Lipinski definition) is 2. The van der Waals surface area contributed by atoms with Crippen LogP contribution >= 0.6 is 0 Å². The van der Waals surface area contributed by atoms with Gasteiger partial charge in [-0.3, -0.25) is 4.79 Å². The van der Waals surface area contributed by atoms with E-state index in [0.717, 1.165) is 18.4 Å². The summed E-state index contributed by atoms with van der Waals surface area (Å²) in [6.07, 6.45) is 7.93. The molecule has 2 rings (SSSR count). The molecule has 2 aliphatic carbocycles. The van der Waals surface area contributed by atoms with Gasteiger partial charge in [-0.1, -0.05) is 36.3 Å². The maximum absolute atomic E-state index is 14.2. The molecule has 0 bridgehead atoms. The Labute approximate surface area is 112 Å². The van der Waals surface area contributed by atoms with Crippen LogP contribution in [0.1, 0.15) is 32.6 Å². The van der Waals surface area contributed by atoms with E-state index in [9.17, 15) is 14.3 Å². The van der Waals surface area contributed by atoms with Gasteiger partial charge in [0.15, 0.2) is 5.83 Å². The second kappa shape index (κ2) is 5.16. The normalized spacial score (nSPS) is 23.2. The first kappa shape index (κ1) is 13.8. The number of nitrogens with two attached hydrogens (primary N) is 1. The highest BCUT2D eigenvalue weighted by Gasteiger charge is 2.47. The minimum absolute atomic E-state index is 0.391. The van der Waals surface area contributed by atoms with Crippen LogP contribution in [-0.2, 0) is 4.79 Å². The third kappa shape index (κ3) is 2.42. The van der Waals surface area contributed by atoms with Crippen molar-refractivity contribution < 1.29 is 14.3 Å². The van der Waals surface area contributed by atoms with Crippen molar-refractivity contribution >= 4 is 5.97 Å². The first-order valence-corrected chi connectivity index (χ1v) is 6.47. The average molecular weight is 263 g/mol. The zero-order chi connectivity index (χ0) is 14.0. The molecule has 102 valence electrons. The number of halogens is 1. The topological polar surface area (TPSA) is 63.3 Å². The maximum atomic E-state index is 14.2. The van der Waals surface area contributed by atoms with Crippen LogP contribution in [0.4, 0.5) is 4.39 Å². The molecule has 0 aromatic carbocycles. The molecule has 0 aromatic heterocycles. The zero-order valence-corrected chi connectivity index (χ0v) is 10.9. The summed E-state index contributed by atoms with van der Waals surface area (Å²) in [5.74, 6) is -1.57. The molecule has 2 aliphatic rings. The molecule has 1 fully saturated rings. The molecule has 0 spiro atoms. The van der Waals surface area contributed by atoms with Gasteiger partial charge in [0.1, 0.15) is 6.04 Å². The number of rotatable bonds is 3. The van der Waals surface area contributed by atoms with Gasteiger partial charge in [0, 0.05) is 11.0 Å². The van der Waals surface area contributed by atoms with Crippen molar-refractivity contribution in [2.75, 3.05) is 0 Å². The smallest absolute Gasteiger partial charge is 0.321 e. The van der Waals surface area contributed by atoms with Crippen LogP contribution < -0.4 is 5.73 Å². The van der Waals surface area contributed by atoms with Gasteiger partial charge < -0.3 is 10.8 Å². The fraction of sp³-hybridized carbons (Fsp3) is 0.467. The van der Waals surface area contributed by atoms with Crippen molar-refractivity contribution in [2.24, 2.45) is 11.1 Å². The summed E-state index contributed by atoms with van der Waals surface area (Å²) < 4.78 is 14.2. The lowest BCUT2D eigenvalue weighted by Crippen LogP contribution is -2.47. The number of carboxylic acids is 1. The highest BCUT2D eigenvalue weighted by atomic mass is 19.1. The summed E-state index contributed by atoms with van der Waals surface area (Å²) in [5.41, 5.74) is 8.88. The zero-order valence-electron chi connectivity index (χ0n) is 10.9. The predicted octanol–water partition coefficient (Wildman–Crippen LogP) is 2.85. The van der Waals surface area contributed by atoms with Gasteiger partial charge >= 0.3 is 5.97 Å². The quantitative estimate of drug-likeness (QED) is 0.769. The second-order valence-corrected chi connectivity index (χ2v) is 5.27. The Morgan fingerprint density at radius 1 is 1.53 bits per heavy atom. The number of allylic oxidation sites excluding steroid dienone is 4. The van der Waals surface area contributed by atoms with Gasteiger partial charge in [-0.2, -0.15) is 4.39 Å². The molecule has 0 radical (unpaired) electrons. The highest BCUT2D eigenvalue weighted by molar-refractivity contribution is 5.76. The van der Waals surface area contributed by atoms with Gasteiger partial charge in [-0.25, -0.2) is 0 Å². The summed E-state index contributed by atoms with van der Waals surface area (Å²) in [5, 5.41) is 9.23. The third-order valence-electron chi connectivity index (χ3n) is 4.06. The van der Waals surface area contributed by atoms with Gasteiger partial charge in [0.05, 0.1) is 0 Å². The number of carboxylic acid groups (broad SMARTS) is 1. The van der Waals surface area contributed by atoms with Crippen molar-refractivity contribution in [3.63, 3.8) is 0 Å². The van der Waals surface area contributed by atoms with E-state index in [1.54, 1.807) is 12.2 Å². The van der Waals surface area contributed by atoms with Crippen LogP contribution in [0.2, 0.25) is 0 Å². The summed E-state index contributed by atoms with van der Waals surface area (Å²) in [7, 11) is 0. The first-order valence-electron chi connectivity index (χ1n) is 6.47. The van der Waals surface area contributed by atoms with Crippen LogP contribution in [0, 0.1) is 5.41 Å². The van der Waals surface area contributed by atoms with Crippen LogP contribution in [0.3, 0.4) is 0 Å². The van der Waals surface area contributed by atoms with Gasteiger partial charge in [0.2, 0.25) is 0 Å². The fourth-order valence-corrected chi connectivity index (χ4v) is 3.02. The molecule has 1 saturated carbocycles. The number of carbonyl (C=O) groups is 1. The Hall–Kier alpha value is -1.64. The lowest BCUT2D eigenvalue weighted by molar-refractivity contribution is -0.141. The van der Waals surface area contributed by atoms with Crippen molar-refractivity contribution in [1.29, 1.82) is 0 Å². The summed E-state index contributed by atoms with van der Waals surface area (Å²) in [6.45, 7) is 1.85. The van der Waals surface area contributed by atoms with Gasteiger partial charge in [-0.15, -0.1) is 0 Å². The largest absolute Gasteiger partial charge is 0.480 e. The highest BCUT2D eigenvalue weighted by Crippen LogP contribution is 2.49. The molecule has 1 unspecified atom stereocenters. The lowest BCUT2D eigenvalue weighted by atomic mass is 9.71. The summed E-state index contributed by atoms with van der Waals surface area (Å²) >= 11 is 0. The Kier molecular flexibility index (Phi) is 3.74. The molecule has 0 heterocycles. The van der Waals surface area contributed by atoms with E-state index >= 15 is 0 Å². The first-order chi connectivity index (χ1) is 8.97. The van der Waals surface area contributed by atoms with E-state index in [1.165, 1.54) is 6.08 Å². The van der Waals surface area contributed by atoms with Gasteiger partial charge in [-0.05, 0) is 25.8 Å². The second-order valence-electron chi connectivity index (χ2n) is 5.27. The van der Waals surface area contributed by atoms with Crippen LogP contribution in [0.15, 0.2) is 40.9 Å². The molecule has 19 heavy (non-hydrogen) atoms. The molecule has 0 amide bonds. The molecular weight excluding hydrogens is 245 g/mol. The molecule has 3 N–H and O–H groups in total. The maximum Gasteiger partial charge on any atom is 0.321 e. The van der Waals surface area contributed by atoms with E-state index in [-0.39, 0.29) is 0 Å². The molecule has 0 aromatic rings. The van der Waals surface area contributed by atoms with E-state index < -0.39 is 23.3 Å². The Morgan fingerprint density at radius 2 is 2.16 bits per heavy atom. The number of aliphatic carboxylic acids is 1. The van der Waals surface area contributed by atoms with E-state index in [0.29, 0.717) is 18.4 Å². The van der Waals surface area contributed by atoms with Gasteiger partial charge in [0.25, 0.3) is 0 Å². The lowest BCUT2D eigenvalue weighted by Gasteiger charge is -2.34. The SMILES string of the molecule is CC1=CC=C=C(F)C(C2(C(N)C(=O)O)CCCC2)=C1. The van der Waals surface area contributed by atoms with Crippen molar-refractivity contribution in [2.45, 2.75) is 38.6 Å². The number of hydrogen-bond acceptors (Lipinski definition) is 2. The average Bonchev–Trinajstić information content (AvgIpc) is 2.78. The Balaban J connectivity index is 2.53. The van der Waals surface area contributed by atoms with Crippen molar-refractivity contribution in [3.05, 3.63) is 40.9 Å². The summed E-state index contributed by atoms with van der Waals surface area (Å²) in [4.78, 5) is 11.3. The molecule has 4 heteroatoms. The van der Waals surface area contributed by atoms with Crippen molar-refractivity contribution in [1.82, 2.24) is 0 Å². The molecule has 0 aliphatic heterocycles. The van der Waals surface area contributed by atoms with Crippen molar-refractivity contribution in [3.8, 4) is 0 Å². The molecule has 0 saturated heterocycles. The van der Waals surface area contributed by atoms with E-state index in [1.807, 2.05) is 6.92 Å². The monoisotopic (exact) mass is 263 g/mol. The minimum Gasteiger partial charge on any atom is -0.480 e. The molecule has 1 atom stereocenters. The fourth-order valence-electron chi connectivity index (χ4n) is 3.02. The standard InChI is InChI=1S/C15H18FNO2/c1-10-5-4-6-12(16)11(9-10)15(7-2-3-8-15)13(17)14(18)19/h4-5,9,13H,2-3,7-8,17H2,1H3,(H,18,19). The third-order valence-corrected chi connectivity index (χ3v) is 4.06. The Morgan fingerprint density at radius 3 is 2.74 bits per heavy atom. The van der Waals surface area contributed by atoms with Crippen LogP contribution in [-0.4, -0.2) is 17.1 Å². The minimum atomic E-state index is -1.08. The summed E-state index contributed by atoms with van der Waals surface area (Å²) in [6, 6.07) is -1.08. The van der Waals surface area contributed by atoms with E-state index in [2.05, 4.69) is 5.73 Å². The predicted molar refractivity (Wildman–Crippen MR) is 71.1 cm³/mol. The molecular formula is C15H18FNO2. The van der Waals surface area contributed by atoms with Crippen LogP contribution in [0.5, 0.6) is 0 Å². The van der Waals surface area contributed by atoms with Crippen LogP contribution in [0.25, 0.3) is 0 Å².